The molecule has 27 heavy (non-hydrogen) atoms. The summed E-state index contributed by atoms with van der Waals surface area (Å²) >= 11 is 0. The Balaban J connectivity index is 2.02. The molecule has 0 unspecified atom stereocenters. The number of carboxylic acid groups (broad SMARTS) is 1. The molecule has 0 bridgehead atoms. The van der Waals surface area contributed by atoms with Crippen LogP contribution in [0.4, 0.5) is 0 Å². The molecule has 0 saturated heterocycles. The van der Waals surface area contributed by atoms with E-state index >= 15 is 0 Å². The lowest BCUT2D eigenvalue weighted by molar-refractivity contribution is 0.0532. The number of benzene rings is 2. The van der Waals surface area contributed by atoms with Crippen molar-refractivity contribution in [2.45, 2.75) is 26.9 Å². The predicted molar refractivity (Wildman–Crippen MR) is 99.4 cm³/mol. The molecular weight excluding hydrogens is 348 g/mol. The highest BCUT2D eigenvalue weighted by molar-refractivity contribution is 5.98. The van der Waals surface area contributed by atoms with Gasteiger partial charge in [0.05, 0.1) is 12.7 Å². The summed E-state index contributed by atoms with van der Waals surface area (Å²) < 4.78 is 10.5. The van der Waals surface area contributed by atoms with Crippen molar-refractivity contribution in [2.24, 2.45) is 0 Å². The second kappa shape index (κ2) is 7.15. The molecule has 0 spiro atoms. The topological polar surface area (TPSA) is 93.1 Å². The number of hydrogen-bond donors (Lipinski definition) is 2. The molecule has 0 amide bonds. The fourth-order valence-electron chi connectivity index (χ4n) is 3.41. The lowest BCUT2D eigenvalue weighted by atomic mass is 9.94. The molecule has 6 heteroatoms. The molecule has 0 fully saturated rings. The van der Waals surface area contributed by atoms with Gasteiger partial charge in [-0.1, -0.05) is 24.3 Å². The Morgan fingerprint density at radius 2 is 2.07 bits per heavy atom. The first-order valence-electron chi connectivity index (χ1n) is 8.44. The fourth-order valence-corrected chi connectivity index (χ4v) is 3.41. The van der Waals surface area contributed by atoms with Crippen molar-refractivity contribution < 1.29 is 29.3 Å². The second-order valence-corrected chi connectivity index (χ2v) is 6.36. The van der Waals surface area contributed by atoms with E-state index in [4.69, 9.17) is 9.47 Å². The first-order valence-corrected chi connectivity index (χ1v) is 8.44. The molecule has 3 rings (SSSR count). The van der Waals surface area contributed by atoms with E-state index in [1.807, 2.05) is 19.9 Å². The molecule has 6 nitrogen and oxygen atoms in total. The molecule has 1 aliphatic heterocycles. The van der Waals surface area contributed by atoms with Gasteiger partial charge in [0.25, 0.3) is 0 Å². The molecule has 140 valence electrons. The number of aromatic hydroxyl groups is 1. The van der Waals surface area contributed by atoms with Crippen LogP contribution in [-0.4, -0.2) is 29.3 Å². The highest BCUT2D eigenvalue weighted by Crippen LogP contribution is 2.41. The third kappa shape index (κ3) is 3.14. The highest BCUT2D eigenvalue weighted by Gasteiger charge is 2.31. The summed E-state index contributed by atoms with van der Waals surface area (Å²) in [6.45, 7) is 3.76. The van der Waals surface area contributed by atoms with E-state index in [9.17, 15) is 19.8 Å². The minimum absolute atomic E-state index is 0.116. The Hall–Kier alpha value is -3.28. The van der Waals surface area contributed by atoms with Crippen LogP contribution >= 0.6 is 0 Å². The molecule has 0 aromatic heterocycles. The Bertz CT molecular complexity index is 971. The highest BCUT2D eigenvalue weighted by atomic mass is 16.5. The van der Waals surface area contributed by atoms with Crippen LogP contribution in [0.3, 0.4) is 0 Å². The maximum Gasteiger partial charge on any atom is 0.342 e. The van der Waals surface area contributed by atoms with Crippen molar-refractivity contribution in [2.75, 3.05) is 7.11 Å². The second-order valence-electron chi connectivity index (χ2n) is 6.36. The van der Waals surface area contributed by atoms with Gasteiger partial charge in [0.15, 0.2) is 0 Å². The van der Waals surface area contributed by atoms with Gasteiger partial charge >= 0.3 is 11.9 Å². The van der Waals surface area contributed by atoms with Gasteiger partial charge in [0, 0.05) is 11.1 Å². The zero-order chi connectivity index (χ0) is 19.7. The fraction of sp³-hybridized carbons (Fsp3) is 0.238. The molecule has 1 heterocycles. The van der Waals surface area contributed by atoms with E-state index < -0.39 is 11.9 Å². The number of cyclic esters (lactones) is 1. The summed E-state index contributed by atoms with van der Waals surface area (Å²) in [5.74, 6) is -1.21. The van der Waals surface area contributed by atoms with Gasteiger partial charge in [-0.05, 0) is 43.0 Å². The van der Waals surface area contributed by atoms with E-state index in [2.05, 4.69) is 0 Å². The number of methoxy groups -OCH3 is 1. The van der Waals surface area contributed by atoms with Crippen LogP contribution in [0.1, 0.15) is 48.5 Å². The van der Waals surface area contributed by atoms with Crippen molar-refractivity contribution >= 4 is 18.0 Å². The third-order valence-corrected chi connectivity index (χ3v) is 4.81. The van der Waals surface area contributed by atoms with E-state index in [-0.39, 0.29) is 29.9 Å². The van der Waals surface area contributed by atoms with Gasteiger partial charge in [-0.2, -0.15) is 0 Å². The van der Waals surface area contributed by atoms with Gasteiger partial charge in [0.2, 0.25) is 0 Å². The monoisotopic (exact) mass is 368 g/mol. The first-order chi connectivity index (χ1) is 12.9. The number of carbonyl (C=O) groups is 2. The summed E-state index contributed by atoms with van der Waals surface area (Å²) in [5, 5.41) is 20.0. The number of allylic oxidation sites excluding steroid dienone is 1. The van der Waals surface area contributed by atoms with E-state index in [0.717, 1.165) is 11.1 Å². The predicted octanol–water partition coefficient (Wildman–Crippen LogP) is 3.64. The number of phenols is 1. The number of fused-ring (bicyclic) bond motifs is 1. The van der Waals surface area contributed by atoms with E-state index in [1.54, 1.807) is 24.3 Å². The van der Waals surface area contributed by atoms with Crippen molar-refractivity contribution in [3.05, 3.63) is 63.2 Å². The normalized spacial score (nSPS) is 12.9. The van der Waals surface area contributed by atoms with Crippen LogP contribution < -0.4 is 4.74 Å². The van der Waals surface area contributed by atoms with Gasteiger partial charge in [0.1, 0.15) is 23.7 Å². The van der Waals surface area contributed by atoms with Crippen LogP contribution in [0.15, 0.2) is 24.3 Å². The van der Waals surface area contributed by atoms with E-state index in [1.165, 1.54) is 7.11 Å². The quantitative estimate of drug-likeness (QED) is 0.783. The lowest BCUT2D eigenvalue weighted by Gasteiger charge is -2.15. The summed E-state index contributed by atoms with van der Waals surface area (Å²) in [5.41, 5.74) is 3.66. The first kappa shape index (κ1) is 18.5. The largest absolute Gasteiger partial charge is 0.507 e. The van der Waals surface area contributed by atoms with Crippen molar-refractivity contribution in [3.8, 4) is 11.5 Å². The van der Waals surface area contributed by atoms with Crippen LogP contribution in [0.5, 0.6) is 11.5 Å². The molecule has 0 aliphatic carbocycles. The minimum atomic E-state index is -1.00. The molecule has 2 aromatic rings. The van der Waals surface area contributed by atoms with Crippen molar-refractivity contribution in [3.63, 3.8) is 0 Å². The van der Waals surface area contributed by atoms with Gasteiger partial charge in [-0.3, -0.25) is 0 Å². The van der Waals surface area contributed by atoms with Gasteiger partial charge < -0.3 is 19.7 Å². The average molecular weight is 368 g/mol. The van der Waals surface area contributed by atoms with Crippen LogP contribution in [0.25, 0.3) is 6.08 Å². The Morgan fingerprint density at radius 1 is 1.33 bits per heavy atom. The van der Waals surface area contributed by atoms with Gasteiger partial charge in [-0.15, -0.1) is 0 Å². The summed E-state index contributed by atoms with van der Waals surface area (Å²) in [7, 11) is 1.50. The SMILES string of the molecule is COc1c(C)c2c(c(O)c1C/C=C/c1c(C)cccc1C(=O)O)C(=O)OC2. The summed E-state index contributed by atoms with van der Waals surface area (Å²) in [6, 6.07) is 5.07. The number of phenolic OH excluding ortho intramolecular Hbond substituents is 1. The van der Waals surface area contributed by atoms with Crippen LogP contribution in [0, 0.1) is 13.8 Å². The number of ether oxygens (including phenoxy) is 2. The molecule has 0 radical (unpaired) electrons. The minimum Gasteiger partial charge on any atom is -0.507 e. The summed E-state index contributed by atoms with van der Waals surface area (Å²) in [4.78, 5) is 23.4. The van der Waals surface area contributed by atoms with Crippen molar-refractivity contribution in [1.29, 1.82) is 0 Å². The molecule has 0 saturated carbocycles. The molecule has 0 atom stereocenters. The number of aryl methyl sites for hydroxylation is 1. The number of carbonyl (C=O) groups excluding carboxylic acids is 1. The molecule has 1 aliphatic rings. The van der Waals surface area contributed by atoms with E-state index in [0.29, 0.717) is 22.4 Å². The third-order valence-electron chi connectivity index (χ3n) is 4.81. The van der Waals surface area contributed by atoms with Crippen molar-refractivity contribution in [1.82, 2.24) is 0 Å². The number of rotatable bonds is 5. The number of carboxylic acids is 1. The molecule has 2 aromatic carbocycles. The number of esters is 1. The Morgan fingerprint density at radius 3 is 2.74 bits per heavy atom. The number of hydrogen-bond acceptors (Lipinski definition) is 5. The zero-order valence-corrected chi connectivity index (χ0v) is 15.3. The Labute approximate surface area is 156 Å². The van der Waals surface area contributed by atoms with Gasteiger partial charge in [-0.25, -0.2) is 9.59 Å². The number of aromatic carboxylic acids is 1. The summed E-state index contributed by atoms with van der Waals surface area (Å²) in [6.07, 6.45) is 3.72. The average Bonchev–Trinajstić information content (AvgIpc) is 3.02. The smallest absolute Gasteiger partial charge is 0.342 e. The van der Waals surface area contributed by atoms with Crippen LogP contribution in [0.2, 0.25) is 0 Å². The Kier molecular flexibility index (Phi) is 4.90. The lowest BCUT2D eigenvalue weighted by Crippen LogP contribution is -2.03. The molecular formula is C21H20O6. The maximum absolute atomic E-state index is 11.9. The standard InChI is InChI=1S/C21H20O6/c1-11-6-4-8-14(20(23)24)13(11)7-5-9-15-18(22)17-16(10-27-21(17)25)12(2)19(15)26-3/h4-8,22H,9-10H2,1-3H3,(H,23,24)/b7-5+. The maximum atomic E-state index is 11.9. The molecule has 2 N–H and O–H groups in total. The zero-order valence-electron chi connectivity index (χ0n) is 15.3. The van der Waals surface area contributed by atoms with Crippen LogP contribution in [-0.2, 0) is 17.8 Å².